The Morgan fingerprint density at radius 3 is 2.67 bits per heavy atom. The summed E-state index contributed by atoms with van der Waals surface area (Å²) in [7, 11) is 0. The van der Waals surface area contributed by atoms with Gasteiger partial charge in [-0.1, -0.05) is 27.2 Å². The van der Waals surface area contributed by atoms with E-state index < -0.39 is 0 Å². The van der Waals surface area contributed by atoms with Gasteiger partial charge in [0.05, 0.1) is 0 Å². The van der Waals surface area contributed by atoms with Gasteiger partial charge in [0, 0.05) is 5.41 Å². The number of fused-ring (bicyclic) bond motifs is 1. The van der Waals surface area contributed by atoms with Gasteiger partial charge in [0.1, 0.15) is 6.10 Å². The maximum atomic E-state index is 10.9. The van der Waals surface area contributed by atoms with E-state index in [4.69, 9.17) is 4.74 Å². The van der Waals surface area contributed by atoms with Gasteiger partial charge in [-0.2, -0.15) is 0 Å². The van der Waals surface area contributed by atoms with Crippen LogP contribution < -0.4 is 0 Å². The van der Waals surface area contributed by atoms with Crippen molar-refractivity contribution in [2.75, 3.05) is 0 Å². The molecule has 2 heteroatoms. The van der Waals surface area contributed by atoms with Crippen molar-refractivity contribution in [3.63, 3.8) is 0 Å². The Hall–Kier alpha value is -0.530. The topological polar surface area (TPSA) is 26.3 Å². The molecule has 3 aliphatic rings. The van der Waals surface area contributed by atoms with Crippen molar-refractivity contribution in [2.24, 2.45) is 22.2 Å². The average molecular weight is 250 g/mol. The van der Waals surface area contributed by atoms with Crippen molar-refractivity contribution in [1.29, 1.82) is 0 Å². The Morgan fingerprint density at radius 1 is 1.17 bits per heavy atom. The van der Waals surface area contributed by atoms with Crippen LogP contribution in [0.25, 0.3) is 0 Å². The largest absolute Gasteiger partial charge is 0.464 e. The van der Waals surface area contributed by atoms with Gasteiger partial charge in [0.2, 0.25) is 0 Å². The van der Waals surface area contributed by atoms with Gasteiger partial charge in [-0.05, 0) is 55.3 Å². The van der Waals surface area contributed by atoms with E-state index in [1.807, 2.05) is 0 Å². The fourth-order valence-corrected chi connectivity index (χ4v) is 5.85. The average Bonchev–Trinajstić information content (AvgIpc) is 2.45. The molecule has 3 saturated carbocycles. The van der Waals surface area contributed by atoms with Gasteiger partial charge in [0.15, 0.2) is 0 Å². The zero-order chi connectivity index (χ0) is 13.0. The maximum absolute atomic E-state index is 10.9. The van der Waals surface area contributed by atoms with Crippen LogP contribution in [-0.2, 0) is 9.53 Å². The molecule has 2 nitrogen and oxygen atoms in total. The number of carbonyl (C=O) groups excluding carboxylic acids is 1. The van der Waals surface area contributed by atoms with E-state index in [0.29, 0.717) is 22.7 Å². The molecule has 18 heavy (non-hydrogen) atoms. The van der Waals surface area contributed by atoms with Gasteiger partial charge in [-0.15, -0.1) is 0 Å². The number of ether oxygens (including phenoxy) is 1. The zero-order valence-electron chi connectivity index (χ0n) is 12.0. The molecular weight excluding hydrogens is 224 g/mol. The van der Waals surface area contributed by atoms with Gasteiger partial charge >= 0.3 is 0 Å². The number of carbonyl (C=O) groups is 1. The first-order chi connectivity index (χ1) is 8.42. The van der Waals surface area contributed by atoms with Crippen LogP contribution in [0.2, 0.25) is 0 Å². The molecule has 2 bridgehead atoms. The first-order valence-corrected chi connectivity index (χ1v) is 7.51. The van der Waals surface area contributed by atoms with Crippen molar-refractivity contribution in [3.8, 4) is 0 Å². The lowest BCUT2D eigenvalue weighted by Gasteiger charge is -2.55. The highest BCUT2D eigenvalue weighted by atomic mass is 16.5. The molecule has 0 amide bonds. The normalized spacial score (nSPS) is 49.5. The Kier molecular flexibility index (Phi) is 2.60. The van der Waals surface area contributed by atoms with E-state index >= 15 is 0 Å². The minimum atomic E-state index is 0.176. The standard InChI is InChI=1S/C16H26O2/c1-14(2)9-13(18-11-17)16-7-4-6-15(3,10-16)8-5-12(14)16/h11-13H,4-10H2,1-3H3. The molecule has 0 N–H and O–H groups in total. The number of hydrogen-bond acceptors (Lipinski definition) is 2. The highest BCUT2D eigenvalue weighted by Crippen LogP contribution is 2.69. The van der Waals surface area contributed by atoms with Gasteiger partial charge in [-0.3, -0.25) is 4.79 Å². The Bertz CT molecular complexity index is 362. The van der Waals surface area contributed by atoms with Crippen molar-refractivity contribution in [2.45, 2.75) is 71.8 Å². The Balaban J connectivity index is 1.99. The number of rotatable bonds is 2. The van der Waals surface area contributed by atoms with Crippen LogP contribution in [0.3, 0.4) is 0 Å². The lowest BCUT2D eigenvalue weighted by molar-refractivity contribution is -0.149. The number of hydrogen-bond donors (Lipinski definition) is 0. The summed E-state index contributed by atoms with van der Waals surface area (Å²) in [4.78, 5) is 10.9. The fourth-order valence-electron chi connectivity index (χ4n) is 5.85. The first kappa shape index (κ1) is 12.5. The second-order valence-corrected chi connectivity index (χ2v) is 8.08. The highest BCUT2D eigenvalue weighted by Gasteiger charge is 2.64. The van der Waals surface area contributed by atoms with Gasteiger partial charge in [0.25, 0.3) is 6.47 Å². The molecule has 0 radical (unpaired) electrons. The highest BCUT2D eigenvalue weighted by molar-refractivity contribution is 5.38. The summed E-state index contributed by atoms with van der Waals surface area (Å²) in [5.41, 5.74) is 1.15. The molecule has 0 heterocycles. The van der Waals surface area contributed by atoms with E-state index in [1.165, 1.54) is 38.5 Å². The van der Waals surface area contributed by atoms with Crippen LogP contribution in [-0.4, -0.2) is 12.6 Å². The second kappa shape index (κ2) is 3.74. The lowest BCUT2D eigenvalue weighted by Crippen LogP contribution is -2.49. The Labute approximate surface area is 110 Å². The summed E-state index contributed by atoms with van der Waals surface area (Å²) in [6.45, 7) is 7.90. The predicted molar refractivity (Wildman–Crippen MR) is 71.1 cm³/mol. The third kappa shape index (κ3) is 1.57. The molecule has 0 saturated heterocycles. The molecule has 102 valence electrons. The lowest BCUT2D eigenvalue weighted by atomic mass is 9.50. The van der Waals surface area contributed by atoms with Crippen LogP contribution in [0.1, 0.15) is 65.7 Å². The molecular formula is C16H26O2. The van der Waals surface area contributed by atoms with Gasteiger partial charge < -0.3 is 4.74 Å². The molecule has 0 aromatic carbocycles. The molecule has 4 atom stereocenters. The Morgan fingerprint density at radius 2 is 1.94 bits per heavy atom. The molecule has 4 unspecified atom stereocenters. The van der Waals surface area contributed by atoms with Gasteiger partial charge in [-0.25, -0.2) is 0 Å². The monoisotopic (exact) mass is 250 g/mol. The van der Waals surface area contributed by atoms with Crippen molar-refractivity contribution in [1.82, 2.24) is 0 Å². The molecule has 0 aromatic heterocycles. The third-order valence-corrected chi connectivity index (χ3v) is 6.42. The van der Waals surface area contributed by atoms with Crippen molar-refractivity contribution in [3.05, 3.63) is 0 Å². The van der Waals surface area contributed by atoms with E-state index in [-0.39, 0.29) is 6.10 Å². The van der Waals surface area contributed by atoms with E-state index in [2.05, 4.69) is 20.8 Å². The fraction of sp³-hybridized carbons (Fsp3) is 0.938. The minimum Gasteiger partial charge on any atom is -0.464 e. The molecule has 3 aliphatic carbocycles. The summed E-state index contributed by atoms with van der Waals surface area (Å²) in [5.74, 6) is 0.753. The summed E-state index contributed by atoms with van der Waals surface area (Å²) >= 11 is 0. The second-order valence-electron chi connectivity index (χ2n) is 8.08. The van der Waals surface area contributed by atoms with Crippen molar-refractivity contribution >= 4 is 6.47 Å². The van der Waals surface area contributed by atoms with Crippen LogP contribution >= 0.6 is 0 Å². The molecule has 3 rings (SSSR count). The van der Waals surface area contributed by atoms with Crippen LogP contribution in [0.15, 0.2) is 0 Å². The van der Waals surface area contributed by atoms with Crippen LogP contribution in [0, 0.1) is 22.2 Å². The third-order valence-electron chi connectivity index (χ3n) is 6.42. The first-order valence-electron chi connectivity index (χ1n) is 7.51. The summed E-state index contributed by atoms with van der Waals surface area (Å²) in [5, 5.41) is 0. The zero-order valence-corrected chi connectivity index (χ0v) is 12.0. The summed E-state index contributed by atoms with van der Waals surface area (Å²) < 4.78 is 5.55. The van der Waals surface area contributed by atoms with E-state index in [9.17, 15) is 4.79 Å². The summed E-state index contributed by atoms with van der Waals surface area (Å²) in [6.07, 6.45) is 9.19. The predicted octanol–water partition coefficient (Wildman–Crippen LogP) is 3.93. The molecule has 0 aromatic rings. The minimum absolute atomic E-state index is 0.176. The van der Waals surface area contributed by atoms with E-state index in [1.54, 1.807) is 0 Å². The van der Waals surface area contributed by atoms with Crippen LogP contribution in [0.5, 0.6) is 0 Å². The van der Waals surface area contributed by atoms with Crippen LogP contribution in [0.4, 0.5) is 0 Å². The molecule has 1 spiro atoms. The smallest absolute Gasteiger partial charge is 0.293 e. The molecule has 3 fully saturated rings. The quantitative estimate of drug-likeness (QED) is 0.694. The maximum Gasteiger partial charge on any atom is 0.293 e. The summed E-state index contributed by atoms with van der Waals surface area (Å²) in [6, 6.07) is 0. The SMILES string of the molecule is CC12CCCC3(C1)C(OC=O)CC(C)(C)C3CC2. The van der Waals surface area contributed by atoms with E-state index in [0.717, 1.165) is 12.3 Å². The van der Waals surface area contributed by atoms with Crippen molar-refractivity contribution < 1.29 is 9.53 Å². The molecule has 0 aliphatic heterocycles.